The van der Waals surface area contributed by atoms with E-state index in [4.69, 9.17) is 18.5 Å². The van der Waals surface area contributed by atoms with Crippen LogP contribution >= 0.6 is 7.82 Å². The van der Waals surface area contributed by atoms with Crippen molar-refractivity contribution in [2.24, 2.45) is 0 Å². The van der Waals surface area contributed by atoms with E-state index in [0.717, 1.165) is 32.1 Å². The molecule has 8 nitrogen and oxygen atoms in total. The van der Waals surface area contributed by atoms with Gasteiger partial charge >= 0.3 is 13.8 Å². The van der Waals surface area contributed by atoms with Gasteiger partial charge in [0, 0.05) is 13.0 Å². The first-order valence-electron chi connectivity index (χ1n) is 14.3. The Bertz CT molecular complexity index is 569. The number of hydrogen-bond donors (Lipinski definition) is 1. The molecule has 0 saturated carbocycles. The molecule has 0 bridgehead atoms. The smallest absolute Gasteiger partial charge is 0.457 e. The average Bonchev–Trinajstić information content (AvgIpc) is 2.79. The van der Waals surface area contributed by atoms with Crippen LogP contribution in [0.2, 0.25) is 0 Å². The van der Waals surface area contributed by atoms with E-state index >= 15 is 0 Å². The van der Waals surface area contributed by atoms with E-state index in [-0.39, 0.29) is 25.8 Å². The van der Waals surface area contributed by atoms with E-state index in [1.54, 1.807) is 0 Å². The highest BCUT2D eigenvalue weighted by molar-refractivity contribution is 7.47. The number of carbonyl (C=O) groups excluding carboxylic acids is 1. The zero-order valence-electron chi connectivity index (χ0n) is 24.0. The molecule has 0 aliphatic heterocycles. The number of carbonyl (C=O) groups is 1. The maximum atomic E-state index is 12.3. The fraction of sp³-hybridized carbons (Fsp3) is 0.963. The molecular formula is C27H57NO7P+. The van der Waals surface area contributed by atoms with Gasteiger partial charge in [-0.05, 0) is 12.8 Å². The third kappa shape index (κ3) is 25.2. The Balaban J connectivity index is 4.41. The first-order chi connectivity index (χ1) is 17.1. The predicted molar refractivity (Wildman–Crippen MR) is 146 cm³/mol. The van der Waals surface area contributed by atoms with Crippen molar-refractivity contribution in [3.63, 3.8) is 0 Å². The number of ether oxygens (including phenoxy) is 2. The van der Waals surface area contributed by atoms with Gasteiger partial charge in [-0.1, -0.05) is 90.9 Å². The van der Waals surface area contributed by atoms with E-state index < -0.39 is 13.9 Å². The normalized spacial score (nSPS) is 14.5. The van der Waals surface area contributed by atoms with Crippen molar-refractivity contribution < 1.29 is 37.3 Å². The number of unbranched alkanes of at least 4 members (excludes halogenated alkanes) is 12. The minimum Gasteiger partial charge on any atom is -0.457 e. The average molecular weight is 539 g/mol. The molecule has 0 aromatic heterocycles. The third-order valence-electron chi connectivity index (χ3n) is 5.92. The molecule has 1 N–H and O–H groups in total. The van der Waals surface area contributed by atoms with Crippen molar-refractivity contribution in [2.45, 2.75) is 116 Å². The van der Waals surface area contributed by atoms with Crippen molar-refractivity contribution >= 4 is 13.8 Å². The Hall–Kier alpha value is -0.500. The van der Waals surface area contributed by atoms with Crippen molar-refractivity contribution in [2.75, 3.05) is 54.1 Å². The molecule has 0 saturated heterocycles. The van der Waals surface area contributed by atoms with Gasteiger partial charge in [-0.15, -0.1) is 0 Å². The van der Waals surface area contributed by atoms with Gasteiger partial charge in [0.2, 0.25) is 0 Å². The van der Waals surface area contributed by atoms with Crippen LogP contribution in [0.25, 0.3) is 0 Å². The molecule has 2 unspecified atom stereocenters. The highest BCUT2D eigenvalue weighted by Crippen LogP contribution is 2.43. The Labute approximate surface area is 221 Å². The number of nitrogens with zero attached hydrogens (tertiary/aromatic N) is 1. The molecule has 2 atom stereocenters. The number of likely N-dealkylation sites (N-methyl/N-ethyl adjacent to an activating group) is 1. The molecule has 216 valence electrons. The van der Waals surface area contributed by atoms with Gasteiger partial charge in [-0.2, -0.15) is 0 Å². The molecule has 0 radical (unpaired) electrons. The topological polar surface area (TPSA) is 91.3 Å². The maximum Gasteiger partial charge on any atom is 0.472 e. The van der Waals surface area contributed by atoms with Gasteiger partial charge < -0.3 is 18.9 Å². The minimum atomic E-state index is -4.24. The highest BCUT2D eigenvalue weighted by atomic mass is 31.2. The third-order valence-corrected chi connectivity index (χ3v) is 6.90. The summed E-state index contributed by atoms with van der Waals surface area (Å²) >= 11 is 0. The van der Waals surface area contributed by atoms with Crippen molar-refractivity contribution in [1.29, 1.82) is 0 Å². The summed E-state index contributed by atoms with van der Waals surface area (Å²) in [5, 5.41) is 0. The second-order valence-corrected chi connectivity index (χ2v) is 12.2. The summed E-state index contributed by atoms with van der Waals surface area (Å²) in [7, 11) is 1.67. The summed E-state index contributed by atoms with van der Waals surface area (Å²) in [4.78, 5) is 22.3. The molecule has 0 aromatic rings. The standard InChI is InChI=1S/C27H56NO7P/c1-6-8-10-12-14-15-17-19-22-32-24-26(35-27(29)20-18-16-13-11-9-7-2)25-34-36(30,31)33-23-21-28(3,4)5/h26H,6-25H2,1-5H3/p+1. The quantitative estimate of drug-likeness (QED) is 0.0571. The Kier molecular flexibility index (Phi) is 22.2. The van der Waals surface area contributed by atoms with Crippen LogP contribution in [-0.4, -0.2) is 75.6 Å². The minimum absolute atomic E-state index is 0.0920. The lowest BCUT2D eigenvalue weighted by Crippen LogP contribution is -2.37. The summed E-state index contributed by atoms with van der Waals surface area (Å²) in [5.41, 5.74) is 0. The van der Waals surface area contributed by atoms with Crippen LogP contribution in [0.5, 0.6) is 0 Å². The van der Waals surface area contributed by atoms with Gasteiger partial charge in [-0.3, -0.25) is 13.8 Å². The van der Waals surface area contributed by atoms with Gasteiger partial charge in [-0.25, -0.2) is 4.57 Å². The van der Waals surface area contributed by atoms with E-state index in [1.165, 1.54) is 57.8 Å². The van der Waals surface area contributed by atoms with Gasteiger partial charge in [0.15, 0.2) is 0 Å². The summed E-state index contributed by atoms with van der Waals surface area (Å²) in [6, 6.07) is 0. The molecule has 0 fully saturated rings. The Morgan fingerprint density at radius 1 is 0.750 bits per heavy atom. The Morgan fingerprint density at radius 3 is 1.83 bits per heavy atom. The number of phosphoric acid groups is 1. The second-order valence-electron chi connectivity index (χ2n) is 10.8. The van der Waals surface area contributed by atoms with Gasteiger partial charge in [0.25, 0.3) is 0 Å². The monoisotopic (exact) mass is 538 g/mol. The molecule has 0 aliphatic rings. The van der Waals surface area contributed by atoms with Crippen molar-refractivity contribution in [3.8, 4) is 0 Å². The molecule has 0 aliphatic carbocycles. The summed E-state index contributed by atoms with van der Waals surface area (Å²) in [6.07, 6.45) is 15.8. The first kappa shape index (κ1) is 35.5. The summed E-state index contributed by atoms with van der Waals surface area (Å²) in [5.74, 6) is -0.325. The van der Waals surface area contributed by atoms with E-state index in [2.05, 4.69) is 13.8 Å². The van der Waals surface area contributed by atoms with Gasteiger partial charge in [0.1, 0.15) is 19.3 Å². The lowest BCUT2D eigenvalue weighted by atomic mass is 10.1. The number of esters is 1. The predicted octanol–water partition coefficient (Wildman–Crippen LogP) is 6.65. The largest absolute Gasteiger partial charge is 0.472 e. The molecule has 0 amide bonds. The lowest BCUT2D eigenvalue weighted by Gasteiger charge is -2.24. The number of phosphoric ester groups is 1. The zero-order chi connectivity index (χ0) is 27.1. The summed E-state index contributed by atoms with van der Waals surface area (Å²) in [6.45, 7) is 5.52. The van der Waals surface area contributed by atoms with E-state index in [1.807, 2.05) is 21.1 Å². The molecule has 9 heteroatoms. The van der Waals surface area contributed by atoms with E-state index in [0.29, 0.717) is 24.1 Å². The molecule has 0 rings (SSSR count). The fourth-order valence-electron chi connectivity index (χ4n) is 3.61. The first-order valence-corrected chi connectivity index (χ1v) is 15.8. The SMILES string of the molecule is CCCCCCCCCCOCC(COP(=O)(O)OCC[N+](C)(C)C)OC(=O)CCCCCCCC. The van der Waals surface area contributed by atoms with Crippen LogP contribution in [0.3, 0.4) is 0 Å². The lowest BCUT2D eigenvalue weighted by molar-refractivity contribution is -0.870. The maximum absolute atomic E-state index is 12.3. The van der Waals surface area contributed by atoms with Gasteiger partial charge in [0.05, 0.1) is 34.4 Å². The number of hydrogen-bond acceptors (Lipinski definition) is 6. The van der Waals surface area contributed by atoms with Crippen LogP contribution in [0.4, 0.5) is 0 Å². The zero-order valence-corrected chi connectivity index (χ0v) is 24.9. The molecule has 0 aromatic carbocycles. The van der Waals surface area contributed by atoms with Crippen LogP contribution in [0, 0.1) is 0 Å². The number of rotatable bonds is 26. The second kappa shape index (κ2) is 22.5. The van der Waals surface area contributed by atoms with Crippen LogP contribution < -0.4 is 0 Å². The summed E-state index contributed by atoms with van der Waals surface area (Å²) < 4.78 is 34.3. The molecule has 0 heterocycles. The highest BCUT2D eigenvalue weighted by Gasteiger charge is 2.26. The van der Waals surface area contributed by atoms with E-state index in [9.17, 15) is 14.3 Å². The molecule has 36 heavy (non-hydrogen) atoms. The van der Waals surface area contributed by atoms with Crippen LogP contribution in [-0.2, 0) is 27.9 Å². The number of quaternary nitrogens is 1. The Morgan fingerprint density at radius 2 is 1.28 bits per heavy atom. The van der Waals surface area contributed by atoms with Crippen molar-refractivity contribution in [3.05, 3.63) is 0 Å². The van der Waals surface area contributed by atoms with Crippen LogP contribution in [0.1, 0.15) is 110 Å². The molecule has 0 spiro atoms. The van der Waals surface area contributed by atoms with Crippen molar-refractivity contribution in [1.82, 2.24) is 0 Å². The molecular weight excluding hydrogens is 481 g/mol. The van der Waals surface area contributed by atoms with Crippen LogP contribution in [0.15, 0.2) is 0 Å². The fourth-order valence-corrected chi connectivity index (χ4v) is 4.35.